The Bertz CT molecular complexity index is 919. The number of ketones is 1. The molecule has 0 amide bonds. The third-order valence-corrected chi connectivity index (χ3v) is 4.65. The summed E-state index contributed by atoms with van der Waals surface area (Å²) in [6, 6.07) is 14.4. The molecule has 26 heavy (non-hydrogen) atoms. The number of nitriles is 1. The van der Waals surface area contributed by atoms with Crippen LogP contribution in [0.4, 0.5) is 11.4 Å². The van der Waals surface area contributed by atoms with Crippen molar-refractivity contribution in [2.75, 3.05) is 30.5 Å². The number of carbonyl (C=O) groups is 1. The number of nitrogens with zero attached hydrogens (tertiary/aromatic N) is 3. The molecule has 0 atom stereocenters. The van der Waals surface area contributed by atoms with Gasteiger partial charge in [-0.05, 0) is 24.3 Å². The summed E-state index contributed by atoms with van der Waals surface area (Å²) in [6.07, 6.45) is 0. The third-order valence-electron chi connectivity index (χ3n) is 4.11. The third kappa shape index (κ3) is 3.22. The second-order valence-corrected chi connectivity index (χ2v) is 6.55. The molecule has 0 spiro atoms. The van der Waals surface area contributed by atoms with Gasteiger partial charge < -0.3 is 14.5 Å². The minimum absolute atomic E-state index is 0.0179. The summed E-state index contributed by atoms with van der Waals surface area (Å²) in [5, 5.41) is 10.4. The SMILES string of the molecule is CN1C(=C(C#N)C(=O)COc2cc(Cl)ccc2Cl)N(C)c2ccccc21. The van der Waals surface area contributed by atoms with E-state index >= 15 is 0 Å². The van der Waals surface area contributed by atoms with Crippen molar-refractivity contribution in [3.05, 3.63) is 63.9 Å². The Hall–Kier alpha value is -2.68. The topological polar surface area (TPSA) is 56.6 Å². The van der Waals surface area contributed by atoms with Crippen LogP contribution in [0.1, 0.15) is 0 Å². The molecule has 0 saturated carbocycles. The number of halogens is 2. The first-order valence-corrected chi connectivity index (χ1v) is 8.51. The van der Waals surface area contributed by atoms with E-state index in [9.17, 15) is 10.1 Å². The molecule has 2 aromatic rings. The van der Waals surface area contributed by atoms with Crippen LogP contribution in [0, 0.1) is 11.3 Å². The molecular formula is C19H15Cl2N3O2. The number of Topliss-reactive ketones (excluding diaryl/α,β-unsaturated/α-hetero) is 1. The Balaban J connectivity index is 1.87. The van der Waals surface area contributed by atoms with E-state index in [1.54, 1.807) is 12.1 Å². The van der Waals surface area contributed by atoms with Crippen LogP contribution in [-0.2, 0) is 4.79 Å². The van der Waals surface area contributed by atoms with E-state index < -0.39 is 5.78 Å². The molecular weight excluding hydrogens is 373 g/mol. The maximum Gasteiger partial charge on any atom is 0.214 e. The monoisotopic (exact) mass is 387 g/mol. The Kier molecular flexibility index (Phi) is 5.08. The van der Waals surface area contributed by atoms with E-state index in [2.05, 4.69) is 0 Å². The quantitative estimate of drug-likeness (QED) is 0.579. The van der Waals surface area contributed by atoms with Gasteiger partial charge in [-0.1, -0.05) is 35.3 Å². The molecule has 0 aliphatic carbocycles. The average molecular weight is 388 g/mol. The molecule has 0 fully saturated rings. The Morgan fingerprint density at radius 3 is 2.31 bits per heavy atom. The van der Waals surface area contributed by atoms with Gasteiger partial charge in [0.2, 0.25) is 5.78 Å². The van der Waals surface area contributed by atoms with E-state index in [1.807, 2.05) is 54.2 Å². The zero-order valence-electron chi connectivity index (χ0n) is 14.2. The highest BCUT2D eigenvalue weighted by Crippen LogP contribution is 2.40. The molecule has 0 aromatic heterocycles. The fraction of sp³-hybridized carbons (Fsp3) is 0.158. The van der Waals surface area contributed by atoms with Crippen LogP contribution in [-0.4, -0.2) is 26.5 Å². The number of fused-ring (bicyclic) bond motifs is 1. The number of rotatable bonds is 4. The van der Waals surface area contributed by atoms with Crippen molar-refractivity contribution in [1.29, 1.82) is 5.26 Å². The maximum absolute atomic E-state index is 12.6. The summed E-state index contributed by atoms with van der Waals surface area (Å²) in [5.74, 6) is 0.371. The van der Waals surface area contributed by atoms with E-state index in [1.165, 1.54) is 6.07 Å². The van der Waals surface area contributed by atoms with Crippen molar-refractivity contribution in [2.24, 2.45) is 0 Å². The van der Waals surface area contributed by atoms with Gasteiger partial charge in [0.1, 0.15) is 23.2 Å². The number of para-hydroxylation sites is 2. The number of anilines is 2. The van der Waals surface area contributed by atoms with Crippen LogP contribution in [0.2, 0.25) is 10.0 Å². The second kappa shape index (κ2) is 7.28. The average Bonchev–Trinajstić information content (AvgIpc) is 2.89. The predicted molar refractivity (Wildman–Crippen MR) is 103 cm³/mol. The van der Waals surface area contributed by atoms with Crippen LogP contribution in [0.15, 0.2) is 53.9 Å². The number of ether oxygens (including phenoxy) is 1. The highest BCUT2D eigenvalue weighted by Gasteiger charge is 2.31. The van der Waals surface area contributed by atoms with E-state index in [-0.39, 0.29) is 12.2 Å². The normalized spacial score (nSPS) is 12.7. The molecule has 0 radical (unpaired) electrons. The number of benzene rings is 2. The standard InChI is InChI=1S/C19H15Cl2N3O2/c1-23-15-5-3-4-6-16(15)24(2)19(23)13(10-22)17(25)11-26-18-9-12(20)7-8-14(18)21/h3-9H,11H2,1-2H3. The zero-order chi connectivity index (χ0) is 18.8. The minimum atomic E-state index is -0.440. The smallest absolute Gasteiger partial charge is 0.214 e. The van der Waals surface area contributed by atoms with Gasteiger partial charge in [0.15, 0.2) is 6.61 Å². The fourth-order valence-corrected chi connectivity index (χ4v) is 3.19. The van der Waals surface area contributed by atoms with Gasteiger partial charge in [0, 0.05) is 25.2 Å². The van der Waals surface area contributed by atoms with Crippen molar-refractivity contribution in [3.8, 4) is 11.8 Å². The molecule has 132 valence electrons. The molecule has 5 nitrogen and oxygen atoms in total. The minimum Gasteiger partial charge on any atom is -0.484 e. The zero-order valence-corrected chi connectivity index (χ0v) is 15.7. The van der Waals surface area contributed by atoms with Crippen molar-refractivity contribution >= 4 is 40.4 Å². The molecule has 0 N–H and O–H groups in total. The highest BCUT2D eigenvalue weighted by molar-refractivity contribution is 6.34. The molecule has 3 rings (SSSR count). The molecule has 0 unspecified atom stereocenters. The highest BCUT2D eigenvalue weighted by atomic mass is 35.5. The largest absolute Gasteiger partial charge is 0.484 e. The van der Waals surface area contributed by atoms with Gasteiger partial charge in [-0.2, -0.15) is 5.26 Å². The Labute approximate surface area is 161 Å². The molecule has 0 bridgehead atoms. The Morgan fingerprint density at radius 2 is 1.73 bits per heavy atom. The number of carbonyl (C=O) groups excluding carboxylic acids is 1. The first kappa shape index (κ1) is 18.1. The lowest BCUT2D eigenvalue weighted by atomic mass is 10.2. The van der Waals surface area contributed by atoms with E-state index in [0.29, 0.717) is 21.6 Å². The van der Waals surface area contributed by atoms with Crippen LogP contribution in [0.25, 0.3) is 0 Å². The fourth-order valence-electron chi connectivity index (χ4n) is 2.86. The van der Waals surface area contributed by atoms with Gasteiger partial charge in [-0.25, -0.2) is 0 Å². The van der Waals surface area contributed by atoms with Crippen LogP contribution < -0.4 is 14.5 Å². The summed E-state index contributed by atoms with van der Waals surface area (Å²) >= 11 is 12.0. The molecule has 1 heterocycles. The summed E-state index contributed by atoms with van der Waals surface area (Å²) in [7, 11) is 3.63. The maximum atomic E-state index is 12.6. The molecule has 1 aliphatic heterocycles. The predicted octanol–water partition coefficient (Wildman–Crippen LogP) is 4.26. The van der Waals surface area contributed by atoms with Crippen molar-refractivity contribution in [3.63, 3.8) is 0 Å². The van der Waals surface area contributed by atoms with Gasteiger partial charge >= 0.3 is 0 Å². The number of hydrogen-bond donors (Lipinski definition) is 0. The van der Waals surface area contributed by atoms with E-state index in [4.69, 9.17) is 27.9 Å². The first-order chi connectivity index (χ1) is 12.4. The van der Waals surface area contributed by atoms with Crippen molar-refractivity contribution in [2.45, 2.75) is 0 Å². The first-order valence-electron chi connectivity index (χ1n) is 7.76. The molecule has 1 aliphatic rings. The second-order valence-electron chi connectivity index (χ2n) is 5.70. The number of hydrogen-bond acceptors (Lipinski definition) is 5. The summed E-state index contributed by atoms with van der Waals surface area (Å²) in [4.78, 5) is 16.3. The van der Waals surface area contributed by atoms with Crippen molar-refractivity contribution in [1.82, 2.24) is 0 Å². The lowest BCUT2D eigenvalue weighted by molar-refractivity contribution is -0.117. The summed E-state index contributed by atoms with van der Waals surface area (Å²) < 4.78 is 5.48. The van der Waals surface area contributed by atoms with Crippen molar-refractivity contribution < 1.29 is 9.53 Å². The molecule has 0 saturated heterocycles. The summed E-state index contributed by atoms with van der Waals surface area (Å²) in [5.41, 5.74) is 1.86. The van der Waals surface area contributed by atoms with Crippen LogP contribution in [0.5, 0.6) is 5.75 Å². The molecule has 2 aromatic carbocycles. The molecule has 7 heteroatoms. The Morgan fingerprint density at radius 1 is 1.12 bits per heavy atom. The van der Waals surface area contributed by atoms with Gasteiger partial charge in [0.25, 0.3) is 0 Å². The van der Waals surface area contributed by atoms with Gasteiger partial charge in [-0.3, -0.25) is 4.79 Å². The van der Waals surface area contributed by atoms with Gasteiger partial charge in [0.05, 0.1) is 16.4 Å². The lowest BCUT2D eigenvalue weighted by Crippen LogP contribution is -2.27. The van der Waals surface area contributed by atoms with Gasteiger partial charge in [-0.15, -0.1) is 0 Å². The van der Waals surface area contributed by atoms with Crippen LogP contribution >= 0.6 is 23.2 Å². The summed E-state index contributed by atoms with van der Waals surface area (Å²) in [6.45, 7) is -0.315. The van der Waals surface area contributed by atoms with Crippen LogP contribution in [0.3, 0.4) is 0 Å². The lowest BCUT2D eigenvalue weighted by Gasteiger charge is -2.20. The van der Waals surface area contributed by atoms with E-state index in [0.717, 1.165) is 11.4 Å².